The maximum atomic E-state index is 13.2. The van der Waals surface area contributed by atoms with E-state index in [2.05, 4.69) is 25.6 Å². The van der Waals surface area contributed by atoms with Crippen molar-refractivity contribution in [1.82, 2.24) is 9.97 Å². The van der Waals surface area contributed by atoms with Crippen LogP contribution in [0.5, 0.6) is 0 Å². The first-order valence-electron chi connectivity index (χ1n) is 6.84. The number of hydrogen-bond donors (Lipinski definition) is 3. The summed E-state index contributed by atoms with van der Waals surface area (Å²) in [6.07, 6.45) is 4.21. The molecule has 24 heavy (non-hydrogen) atoms. The molecule has 9 heteroatoms. The molecule has 0 aliphatic heterocycles. The molecule has 0 aliphatic rings. The molecule has 1 aromatic heterocycles. The number of hydrogen-bond acceptors (Lipinski definition) is 6. The van der Waals surface area contributed by atoms with Crippen LogP contribution >= 0.6 is 11.6 Å². The highest BCUT2D eigenvalue weighted by Crippen LogP contribution is 2.21. The molecule has 0 saturated carbocycles. The van der Waals surface area contributed by atoms with Crippen LogP contribution in [0.2, 0.25) is 5.02 Å². The molecule has 0 fully saturated rings. The summed E-state index contributed by atoms with van der Waals surface area (Å²) in [5.41, 5.74) is 6.37. The lowest BCUT2D eigenvalue weighted by Gasteiger charge is -2.10. The molecule has 2 rings (SSSR count). The number of nitrogens with two attached hydrogens (primary N) is 1. The van der Waals surface area contributed by atoms with Gasteiger partial charge in [-0.15, -0.1) is 0 Å². The van der Waals surface area contributed by atoms with Gasteiger partial charge in [-0.3, -0.25) is 4.99 Å². The Labute approximate surface area is 142 Å². The van der Waals surface area contributed by atoms with Gasteiger partial charge in [-0.1, -0.05) is 11.6 Å². The fraction of sp³-hybridized carbons (Fsp3) is 0.133. The van der Waals surface area contributed by atoms with Gasteiger partial charge in [0.05, 0.1) is 11.9 Å². The molecule has 0 amide bonds. The second kappa shape index (κ2) is 8.21. The number of benzene rings is 1. The molecule has 0 bridgehead atoms. The summed E-state index contributed by atoms with van der Waals surface area (Å²) in [4.78, 5) is 12.0. The Balaban J connectivity index is 2.13. The first kappa shape index (κ1) is 17.6. The van der Waals surface area contributed by atoms with Crippen LogP contribution in [0, 0.1) is 11.6 Å². The minimum Gasteiger partial charge on any atom is -0.403 e. The van der Waals surface area contributed by atoms with Crippen molar-refractivity contribution in [1.29, 1.82) is 0 Å². The standard InChI is InChI=1S/C15H15ClF2N6/c1-20-7-12(5-19)23-15-22-8-13(16)14(24-15)21-6-9-2-10(17)4-11(18)3-9/h2-5,7-8H,6,19H2,1H3,(H2,21,22,23,24). The van der Waals surface area contributed by atoms with Gasteiger partial charge in [0.25, 0.3) is 0 Å². The number of nitrogens with zero attached hydrogens (tertiary/aromatic N) is 3. The van der Waals surface area contributed by atoms with Crippen molar-refractivity contribution in [2.45, 2.75) is 6.54 Å². The van der Waals surface area contributed by atoms with Crippen molar-refractivity contribution in [2.75, 3.05) is 17.7 Å². The van der Waals surface area contributed by atoms with Crippen molar-refractivity contribution < 1.29 is 8.78 Å². The van der Waals surface area contributed by atoms with E-state index in [0.717, 1.165) is 6.07 Å². The predicted octanol–water partition coefficient (Wildman–Crippen LogP) is 2.93. The third-order valence-corrected chi connectivity index (χ3v) is 3.11. The van der Waals surface area contributed by atoms with E-state index in [-0.39, 0.29) is 17.5 Å². The number of nitrogens with one attached hydrogen (secondary N) is 2. The van der Waals surface area contributed by atoms with Crippen molar-refractivity contribution in [3.8, 4) is 0 Å². The minimum atomic E-state index is -0.653. The Morgan fingerprint density at radius 3 is 2.67 bits per heavy atom. The Bertz CT molecular complexity index is 758. The first-order chi connectivity index (χ1) is 11.5. The lowest BCUT2D eigenvalue weighted by molar-refractivity contribution is 0.580. The van der Waals surface area contributed by atoms with Crippen LogP contribution < -0.4 is 16.4 Å². The van der Waals surface area contributed by atoms with Crippen LogP contribution in [-0.4, -0.2) is 23.2 Å². The second-order valence-corrected chi connectivity index (χ2v) is 5.06. The van der Waals surface area contributed by atoms with E-state index < -0.39 is 11.6 Å². The topological polar surface area (TPSA) is 88.2 Å². The van der Waals surface area contributed by atoms with E-state index in [1.165, 1.54) is 30.7 Å². The monoisotopic (exact) mass is 352 g/mol. The highest BCUT2D eigenvalue weighted by molar-refractivity contribution is 6.32. The Morgan fingerprint density at radius 2 is 2.04 bits per heavy atom. The van der Waals surface area contributed by atoms with Gasteiger partial charge in [0.1, 0.15) is 16.7 Å². The largest absolute Gasteiger partial charge is 0.403 e. The number of aromatic nitrogens is 2. The Hall–Kier alpha value is -2.74. The summed E-state index contributed by atoms with van der Waals surface area (Å²) in [5, 5.41) is 6.03. The van der Waals surface area contributed by atoms with E-state index in [1.54, 1.807) is 7.05 Å². The van der Waals surface area contributed by atoms with Crippen LogP contribution in [0.15, 0.2) is 41.3 Å². The first-order valence-corrected chi connectivity index (χ1v) is 7.22. The van der Waals surface area contributed by atoms with E-state index in [9.17, 15) is 8.78 Å². The van der Waals surface area contributed by atoms with Gasteiger partial charge in [-0.2, -0.15) is 4.98 Å². The lowest BCUT2D eigenvalue weighted by atomic mass is 10.2. The van der Waals surface area contributed by atoms with Crippen LogP contribution in [0.3, 0.4) is 0 Å². The van der Waals surface area contributed by atoms with E-state index in [1.807, 2.05) is 0 Å². The van der Waals surface area contributed by atoms with Crippen molar-refractivity contribution in [2.24, 2.45) is 10.7 Å². The SMILES string of the molecule is CN=CC(=CN)Nc1ncc(Cl)c(NCc2cc(F)cc(F)c2)n1. The van der Waals surface area contributed by atoms with Crippen LogP contribution in [0.1, 0.15) is 5.56 Å². The second-order valence-electron chi connectivity index (χ2n) is 4.66. The molecule has 0 radical (unpaired) electrons. The molecular weight excluding hydrogens is 338 g/mol. The summed E-state index contributed by atoms with van der Waals surface area (Å²) in [7, 11) is 1.60. The quantitative estimate of drug-likeness (QED) is 0.696. The normalized spacial score (nSPS) is 11.8. The van der Waals surface area contributed by atoms with E-state index in [4.69, 9.17) is 17.3 Å². The fourth-order valence-electron chi connectivity index (χ4n) is 1.84. The van der Waals surface area contributed by atoms with Crippen molar-refractivity contribution in [3.05, 3.63) is 58.5 Å². The molecule has 1 heterocycles. The Kier molecular flexibility index (Phi) is 6.02. The van der Waals surface area contributed by atoms with Gasteiger partial charge in [-0.25, -0.2) is 13.8 Å². The molecule has 0 unspecified atom stereocenters. The van der Waals surface area contributed by atoms with Gasteiger partial charge in [0.2, 0.25) is 5.95 Å². The summed E-state index contributed by atoms with van der Waals surface area (Å²) in [5.74, 6) is -0.758. The number of anilines is 2. The van der Waals surface area contributed by atoms with Gasteiger partial charge in [-0.05, 0) is 17.7 Å². The number of halogens is 3. The zero-order valence-corrected chi connectivity index (χ0v) is 13.5. The molecule has 0 atom stereocenters. The van der Waals surface area contributed by atoms with Gasteiger partial charge in [0.15, 0.2) is 5.82 Å². The number of aliphatic imine (C=N–C) groups is 1. The van der Waals surface area contributed by atoms with Gasteiger partial charge in [0, 0.05) is 32.1 Å². The average Bonchev–Trinajstić information content (AvgIpc) is 2.54. The molecule has 0 aliphatic carbocycles. The molecular formula is C15H15ClF2N6. The fourth-order valence-corrected chi connectivity index (χ4v) is 1.99. The third-order valence-electron chi connectivity index (χ3n) is 2.83. The molecule has 4 N–H and O–H groups in total. The van der Waals surface area contributed by atoms with Gasteiger partial charge < -0.3 is 16.4 Å². The van der Waals surface area contributed by atoms with Crippen LogP contribution in [-0.2, 0) is 6.54 Å². The molecule has 2 aromatic rings. The average molecular weight is 353 g/mol. The Morgan fingerprint density at radius 1 is 1.33 bits per heavy atom. The van der Waals surface area contributed by atoms with Crippen molar-refractivity contribution >= 4 is 29.6 Å². The van der Waals surface area contributed by atoms with E-state index >= 15 is 0 Å². The highest BCUT2D eigenvalue weighted by Gasteiger charge is 2.07. The molecule has 1 aromatic carbocycles. The van der Waals surface area contributed by atoms with E-state index in [0.29, 0.717) is 17.1 Å². The van der Waals surface area contributed by atoms with Crippen LogP contribution in [0.25, 0.3) is 0 Å². The molecule has 126 valence electrons. The summed E-state index contributed by atoms with van der Waals surface area (Å²) >= 11 is 6.03. The summed E-state index contributed by atoms with van der Waals surface area (Å²) in [6, 6.07) is 3.24. The highest BCUT2D eigenvalue weighted by atomic mass is 35.5. The molecule has 6 nitrogen and oxygen atoms in total. The zero-order chi connectivity index (χ0) is 17.5. The lowest BCUT2D eigenvalue weighted by Crippen LogP contribution is -2.09. The number of allylic oxidation sites excluding steroid dienone is 1. The van der Waals surface area contributed by atoms with Crippen molar-refractivity contribution in [3.63, 3.8) is 0 Å². The van der Waals surface area contributed by atoms with Crippen LogP contribution in [0.4, 0.5) is 20.5 Å². The van der Waals surface area contributed by atoms with Gasteiger partial charge >= 0.3 is 0 Å². The maximum absolute atomic E-state index is 13.2. The third kappa shape index (κ3) is 4.88. The molecule has 0 saturated heterocycles. The minimum absolute atomic E-state index is 0.140. The predicted molar refractivity (Wildman–Crippen MR) is 91.0 cm³/mol. The zero-order valence-electron chi connectivity index (χ0n) is 12.7. The maximum Gasteiger partial charge on any atom is 0.229 e. The smallest absolute Gasteiger partial charge is 0.229 e. The number of rotatable bonds is 6. The summed E-state index contributed by atoms with van der Waals surface area (Å²) < 4.78 is 26.4. The summed E-state index contributed by atoms with van der Waals surface area (Å²) in [6.45, 7) is 0.140. The molecule has 0 spiro atoms.